The van der Waals surface area contributed by atoms with E-state index < -0.39 is 11.8 Å². The number of hydrogen-bond donors (Lipinski definition) is 2. The van der Waals surface area contributed by atoms with Crippen LogP contribution in [0.4, 0.5) is 14.9 Å². The summed E-state index contributed by atoms with van der Waals surface area (Å²) in [6.45, 7) is 0.304. The summed E-state index contributed by atoms with van der Waals surface area (Å²) in [6.07, 6.45) is 0. The average Bonchev–Trinajstić information content (AvgIpc) is 2.49. The minimum Gasteiger partial charge on any atom is -0.489 e. The van der Waals surface area contributed by atoms with Gasteiger partial charge in [0.1, 0.15) is 18.2 Å². The van der Waals surface area contributed by atoms with Crippen LogP contribution in [0.25, 0.3) is 0 Å². The highest BCUT2D eigenvalue weighted by Gasteiger charge is 2.07. The maximum absolute atomic E-state index is 13.8. The summed E-state index contributed by atoms with van der Waals surface area (Å²) in [5.41, 5.74) is 1.01. The number of carbonyl (C=O) groups is 1. The molecule has 0 saturated carbocycles. The van der Waals surface area contributed by atoms with E-state index in [0.29, 0.717) is 17.4 Å². The number of anilines is 1. The molecule has 0 aliphatic rings. The zero-order valence-electron chi connectivity index (χ0n) is 11.3. The van der Waals surface area contributed by atoms with E-state index in [0.717, 1.165) is 5.56 Å². The molecular weight excluding hydrogens is 295 g/mol. The van der Waals surface area contributed by atoms with E-state index in [2.05, 4.69) is 10.6 Å². The number of urea groups is 1. The van der Waals surface area contributed by atoms with Crippen LogP contribution in [-0.4, -0.2) is 13.1 Å². The zero-order chi connectivity index (χ0) is 15.2. The normalized spacial score (nSPS) is 10.0. The quantitative estimate of drug-likeness (QED) is 0.902. The van der Waals surface area contributed by atoms with Gasteiger partial charge in [-0.2, -0.15) is 0 Å². The van der Waals surface area contributed by atoms with Crippen molar-refractivity contribution in [3.05, 3.63) is 58.9 Å². The Kier molecular flexibility index (Phi) is 5.00. The fourth-order valence-corrected chi connectivity index (χ4v) is 1.75. The molecule has 0 unspecified atom stereocenters. The lowest BCUT2D eigenvalue weighted by Gasteiger charge is -2.09. The fourth-order valence-electron chi connectivity index (χ4n) is 1.62. The van der Waals surface area contributed by atoms with Gasteiger partial charge < -0.3 is 15.4 Å². The molecule has 0 heterocycles. The Morgan fingerprint density at radius 1 is 1.24 bits per heavy atom. The van der Waals surface area contributed by atoms with Gasteiger partial charge in [-0.3, -0.25) is 0 Å². The Morgan fingerprint density at radius 3 is 2.57 bits per heavy atom. The van der Waals surface area contributed by atoms with Gasteiger partial charge in [0.2, 0.25) is 0 Å². The van der Waals surface area contributed by atoms with Gasteiger partial charge in [0.25, 0.3) is 0 Å². The molecule has 0 aliphatic carbocycles. The highest BCUT2D eigenvalue weighted by atomic mass is 35.5. The number of nitrogens with one attached hydrogen (secondary N) is 2. The van der Waals surface area contributed by atoms with Gasteiger partial charge in [-0.1, -0.05) is 23.7 Å². The van der Waals surface area contributed by atoms with E-state index in [1.54, 1.807) is 18.2 Å². The maximum atomic E-state index is 13.8. The lowest BCUT2D eigenvalue weighted by atomic mass is 10.2. The smallest absolute Gasteiger partial charge is 0.319 e. The molecular formula is C15H14ClFN2O2. The van der Waals surface area contributed by atoms with Crippen molar-refractivity contribution in [2.24, 2.45) is 0 Å². The first-order valence-electron chi connectivity index (χ1n) is 6.24. The maximum Gasteiger partial charge on any atom is 0.319 e. The number of ether oxygens (including phenoxy) is 1. The molecule has 4 nitrogen and oxygen atoms in total. The Labute approximate surface area is 126 Å². The SMILES string of the molecule is CNC(=O)Nc1ccc(OCc2ccc(Cl)cc2)cc1F. The van der Waals surface area contributed by atoms with Gasteiger partial charge in [0.15, 0.2) is 0 Å². The van der Waals surface area contributed by atoms with Crippen molar-refractivity contribution in [3.63, 3.8) is 0 Å². The summed E-state index contributed by atoms with van der Waals surface area (Å²) in [4.78, 5) is 11.1. The summed E-state index contributed by atoms with van der Waals surface area (Å²) >= 11 is 5.79. The molecule has 0 fully saturated rings. The minimum absolute atomic E-state index is 0.0909. The Morgan fingerprint density at radius 2 is 1.95 bits per heavy atom. The van der Waals surface area contributed by atoms with Crippen molar-refractivity contribution in [2.45, 2.75) is 6.61 Å². The van der Waals surface area contributed by atoms with Gasteiger partial charge in [0.05, 0.1) is 5.69 Å². The van der Waals surface area contributed by atoms with Crippen LogP contribution in [-0.2, 0) is 6.61 Å². The Bertz CT molecular complexity index is 632. The van der Waals surface area contributed by atoms with Crippen molar-refractivity contribution < 1.29 is 13.9 Å². The molecule has 21 heavy (non-hydrogen) atoms. The fraction of sp³-hybridized carbons (Fsp3) is 0.133. The lowest BCUT2D eigenvalue weighted by Crippen LogP contribution is -2.24. The first-order valence-corrected chi connectivity index (χ1v) is 6.62. The summed E-state index contributed by atoms with van der Waals surface area (Å²) in [5, 5.41) is 5.37. The van der Waals surface area contributed by atoms with Crippen LogP contribution in [0, 0.1) is 5.82 Å². The molecule has 2 aromatic rings. The van der Waals surface area contributed by atoms with Gasteiger partial charge in [-0.25, -0.2) is 9.18 Å². The number of hydrogen-bond acceptors (Lipinski definition) is 2. The number of carbonyl (C=O) groups excluding carboxylic acids is 1. The van der Waals surface area contributed by atoms with E-state index in [4.69, 9.17) is 16.3 Å². The van der Waals surface area contributed by atoms with Crippen LogP contribution in [0.1, 0.15) is 5.56 Å². The van der Waals surface area contributed by atoms with Crippen LogP contribution >= 0.6 is 11.6 Å². The topological polar surface area (TPSA) is 50.4 Å². The monoisotopic (exact) mass is 308 g/mol. The molecule has 2 aromatic carbocycles. The minimum atomic E-state index is -0.563. The van der Waals surface area contributed by atoms with Crippen LogP contribution in [0.15, 0.2) is 42.5 Å². The highest BCUT2D eigenvalue weighted by Crippen LogP contribution is 2.21. The predicted octanol–water partition coefficient (Wildman–Crippen LogP) is 3.81. The zero-order valence-corrected chi connectivity index (χ0v) is 12.1. The lowest BCUT2D eigenvalue weighted by molar-refractivity contribution is 0.254. The van der Waals surface area contributed by atoms with Crippen molar-refractivity contribution in [2.75, 3.05) is 12.4 Å². The predicted molar refractivity (Wildman–Crippen MR) is 80.3 cm³/mol. The largest absolute Gasteiger partial charge is 0.489 e. The van der Waals surface area contributed by atoms with E-state index in [-0.39, 0.29) is 5.69 Å². The molecule has 0 bridgehead atoms. The second-order valence-corrected chi connectivity index (χ2v) is 4.70. The van der Waals surface area contributed by atoms with Gasteiger partial charge in [0, 0.05) is 18.1 Å². The molecule has 2 amide bonds. The Balaban J connectivity index is 1.99. The summed E-state index contributed by atoms with van der Waals surface area (Å²) in [7, 11) is 1.46. The molecule has 0 aromatic heterocycles. The summed E-state index contributed by atoms with van der Waals surface area (Å²) in [5.74, 6) is -0.183. The molecule has 110 valence electrons. The van der Waals surface area contributed by atoms with Crippen LogP contribution in [0.2, 0.25) is 5.02 Å². The molecule has 0 aliphatic heterocycles. The molecule has 0 atom stereocenters. The third kappa shape index (κ3) is 4.36. The number of halogens is 2. The van der Waals surface area contributed by atoms with Gasteiger partial charge in [-0.05, 0) is 29.8 Å². The van der Waals surface area contributed by atoms with Crippen molar-refractivity contribution in [1.82, 2.24) is 5.32 Å². The standard InChI is InChI=1S/C15H14ClFN2O2/c1-18-15(20)19-14-7-6-12(8-13(14)17)21-9-10-2-4-11(16)5-3-10/h2-8H,9H2,1H3,(H2,18,19,20). The van der Waals surface area contributed by atoms with Crippen LogP contribution < -0.4 is 15.4 Å². The third-order valence-electron chi connectivity index (χ3n) is 2.73. The first kappa shape index (κ1) is 15.1. The Hall–Kier alpha value is -2.27. The van der Waals surface area contributed by atoms with Crippen molar-refractivity contribution in [3.8, 4) is 5.75 Å². The molecule has 2 rings (SSSR count). The molecule has 0 radical (unpaired) electrons. The van der Waals surface area contributed by atoms with Crippen molar-refractivity contribution >= 4 is 23.3 Å². The molecule has 0 saturated heterocycles. The van der Waals surface area contributed by atoms with E-state index in [1.807, 2.05) is 12.1 Å². The summed E-state index contributed by atoms with van der Waals surface area (Å²) in [6, 6.07) is 11.0. The van der Waals surface area contributed by atoms with Gasteiger partial charge in [-0.15, -0.1) is 0 Å². The average molecular weight is 309 g/mol. The number of benzene rings is 2. The number of rotatable bonds is 4. The molecule has 0 spiro atoms. The van der Waals surface area contributed by atoms with Gasteiger partial charge >= 0.3 is 6.03 Å². The summed E-state index contributed by atoms with van der Waals surface area (Å²) < 4.78 is 19.3. The molecule has 6 heteroatoms. The second-order valence-electron chi connectivity index (χ2n) is 4.26. The van der Waals surface area contributed by atoms with E-state index >= 15 is 0 Å². The second kappa shape index (κ2) is 6.95. The van der Waals surface area contributed by atoms with Crippen LogP contribution in [0.3, 0.4) is 0 Å². The number of amides is 2. The molecule has 2 N–H and O–H groups in total. The first-order chi connectivity index (χ1) is 10.1. The highest BCUT2D eigenvalue weighted by molar-refractivity contribution is 6.30. The van der Waals surface area contributed by atoms with Crippen molar-refractivity contribution in [1.29, 1.82) is 0 Å². The van der Waals surface area contributed by atoms with E-state index in [1.165, 1.54) is 19.2 Å². The van der Waals surface area contributed by atoms with E-state index in [9.17, 15) is 9.18 Å². The third-order valence-corrected chi connectivity index (χ3v) is 2.99. The van der Waals surface area contributed by atoms with Crippen LogP contribution in [0.5, 0.6) is 5.75 Å².